The first-order valence-corrected chi connectivity index (χ1v) is 8.01. The van der Waals surface area contributed by atoms with Crippen molar-refractivity contribution in [3.05, 3.63) is 59.7 Å². The number of anilines is 2. The number of amides is 4. The highest BCUT2D eigenvalue weighted by Crippen LogP contribution is 2.14. The van der Waals surface area contributed by atoms with E-state index in [0.29, 0.717) is 17.8 Å². The van der Waals surface area contributed by atoms with Crippen LogP contribution >= 0.6 is 0 Å². The van der Waals surface area contributed by atoms with Gasteiger partial charge in [0.1, 0.15) is 0 Å². The quantitative estimate of drug-likeness (QED) is 0.583. The van der Waals surface area contributed by atoms with E-state index in [1.165, 1.54) is 37.3 Å². The van der Waals surface area contributed by atoms with Gasteiger partial charge in [-0.25, -0.2) is 13.6 Å². The van der Waals surface area contributed by atoms with Crippen LogP contribution in [0.4, 0.5) is 25.0 Å². The molecule has 142 valence electrons. The smallest absolute Gasteiger partial charge is 0.323 e. The van der Waals surface area contributed by atoms with Crippen LogP contribution in [0.3, 0.4) is 0 Å². The number of nitrogens with one attached hydrogen (secondary N) is 4. The molecule has 0 radical (unpaired) electrons. The molecule has 7 nitrogen and oxygen atoms in total. The third-order valence-electron chi connectivity index (χ3n) is 3.37. The van der Waals surface area contributed by atoms with Crippen LogP contribution in [0, 0.1) is 11.6 Å². The van der Waals surface area contributed by atoms with Crippen LogP contribution in [-0.4, -0.2) is 30.9 Å². The van der Waals surface area contributed by atoms with Crippen LogP contribution in [0.25, 0.3) is 0 Å². The minimum Gasteiger partial charge on any atom is -0.355 e. The SMILES string of the molecule is CC(=O)NCCNC(=O)c1ccc(NC(=O)Nc2ccc(F)c(F)c2)cc1. The molecule has 0 heterocycles. The fourth-order valence-corrected chi connectivity index (χ4v) is 2.09. The Balaban J connectivity index is 1.85. The van der Waals surface area contributed by atoms with E-state index in [9.17, 15) is 23.2 Å². The lowest BCUT2D eigenvalue weighted by Crippen LogP contribution is -2.33. The molecule has 2 aromatic carbocycles. The molecule has 0 aliphatic carbocycles. The normalized spacial score (nSPS) is 10.0. The predicted molar refractivity (Wildman–Crippen MR) is 96.5 cm³/mol. The Kier molecular flexibility index (Phi) is 6.81. The molecule has 0 saturated carbocycles. The molecule has 0 aliphatic rings. The molecule has 0 bridgehead atoms. The van der Waals surface area contributed by atoms with Gasteiger partial charge >= 0.3 is 6.03 Å². The molecule has 9 heteroatoms. The first-order chi connectivity index (χ1) is 12.8. The van der Waals surface area contributed by atoms with E-state index in [0.717, 1.165) is 12.1 Å². The van der Waals surface area contributed by atoms with Crippen molar-refractivity contribution in [2.24, 2.45) is 0 Å². The summed E-state index contributed by atoms with van der Waals surface area (Å²) in [5.41, 5.74) is 0.885. The molecule has 4 N–H and O–H groups in total. The van der Waals surface area contributed by atoms with Crippen LogP contribution in [0.1, 0.15) is 17.3 Å². The Morgan fingerprint density at radius 1 is 0.815 bits per heavy atom. The van der Waals surface area contributed by atoms with Crippen molar-refractivity contribution in [3.63, 3.8) is 0 Å². The van der Waals surface area contributed by atoms with Crippen LogP contribution in [0.2, 0.25) is 0 Å². The molecule has 0 fully saturated rings. The van der Waals surface area contributed by atoms with Crippen molar-refractivity contribution in [3.8, 4) is 0 Å². The summed E-state index contributed by atoms with van der Waals surface area (Å²) >= 11 is 0. The number of urea groups is 1. The minimum absolute atomic E-state index is 0.0987. The second-order valence-electron chi connectivity index (χ2n) is 5.52. The van der Waals surface area contributed by atoms with Gasteiger partial charge in [-0.3, -0.25) is 9.59 Å². The minimum atomic E-state index is -1.07. The van der Waals surface area contributed by atoms with Crippen molar-refractivity contribution in [2.45, 2.75) is 6.92 Å². The lowest BCUT2D eigenvalue weighted by molar-refractivity contribution is -0.118. The van der Waals surface area contributed by atoms with Gasteiger partial charge in [-0.2, -0.15) is 0 Å². The molecule has 27 heavy (non-hydrogen) atoms. The molecule has 0 saturated heterocycles. The molecular formula is C18H18F2N4O3. The maximum atomic E-state index is 13.1. The summed E-state index contributed by atoms with van der Waals surface area (Å²) in [7, 11) is 0. The molecule has 0 unspecified atom stereocenters. The number of hydrogen-bond acceptors (Lipinski definition) is 3. The van der Waals surface area contributed by atoms with E-state index in [2.05, 4.69) is 21.3 Å². The van der Waals surface area contributed by atoms with Crippen LogP contribution in [0.15, 0.2) is 42.5 Å². The van der Waals surface area contributed by atoms with E-state index < -0.39 is 17.7 Å². The fourth-order valence-electron chi connectivity index (χ4n) is 2.09. The molecular weight excluding hydrogens is 358 g/mol. The lowest BCUT2D eigenvalue weighted by atomic mass is 10.2. The Labute approximate surface area is 154 Å². The Bertz CT molecular complexity index is 841. The number of rotatable bonds is 6. The lowest BCUT2D eigenvalue weighted by Gasteiger charge is -2.09. The Morgan fingerprint density at radius 2 is 1.41 bits per heavy atom. The third-order valence-corrected chi connectivity index (χ3v) is 3.37. The van der Waals surface area contributed by atoms with E-state index in [1.54, 1.807) is 0 Å². The summed E-state index contributed by atoms with van der Waals surface area (Å²) in [5.74, 6) is -2.58. The fraction of sp³-hybridized carbons (Fsp3) is 0.167. The zero-order valence-corrected chi connectivity index (χ0v) is 14.4. The van der Waals surface area contributed by atoms with Crippen molar-refractivity contribution in [1.29, 1.82) is 0 Å². The van der Waals surface area contributed by atoms with E-state index in [-0.39, 0.29) is 24.0 Å². The number of hydrogen-bond donors (Lipinski definition) is 4. The van der Waals surface area contributed by atoms with Gasteiger partial charge < -0.3 is 21.3 Å². The van der Waals surface area contributed by atoms with Gasteiger partial charge in [-0.05, 0) is 36.4 Å². The maximum Gasteiger partial charge on any atom is 0.323 e. The van der Waals surface area contributed by atoms with Crippen molar-refractivity contribution in [2.75, 3.05) is 23.7 Å². The van der Waals surface area contributed by atoms with Crippen LogP contribution in [0.5, 0.6) is 0 Å². The molecule has 0 aliphatic heterocycles. The van der Waals surface area contributed by atoms with Gasteiger partial charge in [0.2, 0.25) is 5.91 Å². The van der Waals surface area contributed by atoms with Crippen molar-refractivity contribution >= 4 is 29.2 Å². The zero-order chi connectivity index (χ0) is 19.8. The van der Waals surface area contributed by atoms with E-state index in [1.807, 2.05) is 0 Å². The molecule has 0 atom stereocenters. The number of halogens is 2. The molecule has 2 rings (SSSR count). The summed E-state index contributed by atoms with van der Waals surface area (Å²) < 4.78 is 26.0. The summed E-state index contributed by atoms with van der Waals surface area (Å²) in [5, 5.41) is 10.1. The average molecular weight is 376 g/mol. The highest BCUT2D eigenvalue weighted by atomic mass is 19.2. The first-order valence-electron chi connectivity index (χ1n) is 8.01. The summed E-state index contributed by atoms with van der Waals surface area (Å²) in [6, 6.07) is 8.43. The highest BCUT2D eigenvalue weighted by Gasteiger charge is 2.08. The largest absolute Gasteiger partial charge is 0.355 e. The molecule has 4 amide bonds. The molecule has 0 aromatic heterocycles. The topological polar surface area (TPSA) is 99.3 Å². The average Bonchev–Trinajstić information content (AvgIpc) is 2.62. The zero-order valence-electron chi connectivity index (χ0n) is 14.4. The number of benzene rings is 2. The van der Waals surface area contributed by atoms with Gasteiger partial charge in [0.15, 0.2) is 11.6 Å². The monoisotopic (exact) mass is 376 g/mol. The second kappa shape index (κ2) is 9.27. The van der Waals surface area contributed by atoms with Crippen LogP contribution < -0.4 is 21.3 Å². The summed E-state index contributed by atoms with van der Waals surface area (Å²) in [4.78, 5) is 34.5. The van der Waals surface area contributed by atoms with Crippen molar-refractivity contribution < 1.29 is 23.2 Å². The van der Waals surface area contributed by atoms with Crippen molar-refractivity contribution in [1.82, 2.24) is 10.6 Å². The number of carbonyl (C=O) groups excluding carboxylic acids is 3. The predicted octanol–water partition coefficient (Wildman–Crippen LogP) is 2.47. The van der Waals surface area contributed by atoms with Gasteiger partial charge in [-0.1, -0.05) is 0 Å². The maximum absolute atomic E-state index is 13.1. The Morgan fingerprint density at radius 3 is 2.04 bits per heavy atom. The van der Waals surface area contributed by atoms with E-state index >= 15 is 0 Å². The second-order valence-corrected chi connectivity index (χ2v) is 5.52. The standard InChI is InChI=1S/C18H18F2N4O3/c1-11(25)21-8-9-22-17(26)12-2-4-13(5-3-12)23-18(27)24-14-6-7-15(19)16(20)10-14/h2-7,10H,8-9H2,1H3,(H,21,25)(H,22,26)(H2,23,24,27). The number of carbonyl (C=O) groups is 3. The third kappa shape index (κ3) is 6.38. The van der Waals surface area contributed by atoms with Gasteiger partial charge in [-0.15, -0.1) is 0 Å². The highest BCUT2D eigenvalue weighted by molar-refractivity contribution is 6.00. The summed E-state index contributed by atoms with van der Waals surface area (Å²) in [6.07, 6.45) is 0. The first kappa shape index (κ1) is 19.8. The summed E-state index contributed by atoms with van der Waals surface area (Å²) in [6.45, 7) is 2.00. The Hall–Kier alpha value is -3.49. The van der Waals surface area contributed by atoms with Gasteiger partial charge in [0, 0.05) is 43.0 Å². The van der Waals surface area contributed by atoms with Gasteiger partial charge in [0.05, 0.1) is 0 Å². The van der Waals surface area contributed by atoms with Crippen LogP contribution in [-0.2, 0) is 4.79 Å². The van der Waals surface area contributed by atoms with Gasteiger partial charge in [0.25, 0.3) is 5.91 Å². The van der Waals surface area contributed by atoms with E-state index in [4.69, 9.17) is 0 Å². The molecule has 0 spiro atoms. The molecule has 2 aromatic rings.